The van der Waals surface area contributed by atoms with E-state index in [0.29, 0.717) is 19.7 Å². The number of hydrogen-bond donors (Lipinski definition) is 2. The molecule has 2 atom stereocenters. The molecular formula is C16H23F3N4O5S. The van der Waals surface area contributed by atoms with Gasteiger partial charge in [0.15, 0.2) is 0 Å². The van der Waals surface area contributed by atoms with Gasteiger partial charge in [0.2, 0.25) is 10.0 Å². The van der Waals surface area contributed by atoms with E-state index in [1.807, 2.05) is 19.1 Å². The Labute approximate surface area is 166 Å². The molecule has 0 radical (unpaired) electrons. The van der Waals surface area contributed by atoms with Gasteiger partial charge >= 0.3 is 12.1 Å². The molecule has 2 N–H and O–H groups in total. The van der Waals surface area contributed by atoms with Crippen molar-refractivity contribution in [3.05, 3.63) is 17.8 Å². The largest absolute Gasteiger partial charge is 0.490 e. The fourth-order valence-electron chi connectivity index (χ4n) is 3.25. The molecule has 13 heteroatoms. The van der Waals surface area contributed by atoms with Crippen molar-refractivity contribution in [1.82, 2.24) is 14.5 Å². The highest BCUT2D eigenvalue weighted by Gasteiger charge is 2.45. The molecule has 2 unspecified atom stereocenters. The zero-order valence-electron chi connectivity index (χ0n) is 15.9. The summed E-state index contributed by atoms with van der Waals surface area (Å²) < 4.78 is 62.8. The van der Waals surface area contributed by atoms with Crippen molar-refractivity contribution in [3.63, 3.8) is 0 Å². The highest BCUT2D eigenvalue weighted by Crippen LogP contribution is 2.36. The smallest absolute Gasteiger partial charge is 0.475 e. The van der Waals surface area contributed by atoms with Gasteiger partial charge in [0, 0.05) is 19.5 Å². The normalized spacial score (nSPS) is 25.3. The molecule has 0 saturated carbocycles. The Balaban J connectivity index is 0.000000370. The molecule has 164 valence electrons. The van der Waals surface area contributed by atoms with Crippen LogP contribution in [0.25, 0.3) is 0 Å². The number of hydrogen-bond acceptors (Lipinski definition) is 7. The number of carboxylic acids is 1. The number of rotatable bonds is 3. The fourth-order valence-corrected chi connectivity index (χ4v) is 4.18. The molecule has 1 spiro atoms. The number of sulfonamides is 1. The van der Waals surface area contributed by atoms with Crippen molar-refractivity contribution in [1.29, 1.82) is 0 Å². The molecule has 1 aromatic rings. The van der Waals surface area contributed by atoms with Gasteiger partial charge in [-0.2, -0.15) is 22.6 Å². The third kappa shape index (κ3) is 6.78. The first-order valence-corrected chi connectivity index (χ1v) is 10.6. The minimum Gasteiger partial charge on any atom is -0.475 e. The molecule has 3 rings (SSSR count). The third-order valence-corrected chi connectivity index (χ3v) is 5.82. The van der Waals surface area contributed by atoms with Crippen LogP contribution in [0.4, 0.5) is 19.0 Å². The second kappa shape index (κ2) is 8.79. The fraction of sp³-hybridized carbons (Fsp3) is 0.688. The van der Waals surface area contributed by atoms with Gasteiger partial charge in [0.25, 0.3) is 0 Å². The Bertz CT molecular complexity index is 819. The van der Waals surface area contributed by atoms with Gasteiger partial charge in [0.05, 0.1) is 30.2 Å². The summed E-state index contributed by atoms with van der Waals surface area (Å²) in [6.07, 6.45) is -1.30. The molecule has 0 bridgehead atoms. The highest BCUT2D eigenvalue weighted by molar-refractivity contribution is 7.88. The van der Waals surface area contributed by atoms with Crippen LogP contribution in [0.1, 0.15) is 25.0 Å². The van der Waals surface area contributed by atoms with E-state index in [1.165, 1.54) is 10.6 Å². The first-order chi connectivity index (χ1) is 13.3. The molecule has 2 saturated heterocycles. The van der Waals surface area contributed by atoms with Crippen molar-refractivity contribution >= 4 is 21.8 Å². The van der Waals surface area contributed by atoms with Crippen molar-refractivity contribution < 1.29 is 36.2 Å². The van der Waals surface area contributed by atoms with Crippen molar-refractivity contribution in [2.75, 3.05) is 31.3 Å². The van der Waals surface area contributed by atoms with Crippen LogP contribution in [0.15, 0.2) is 12.1 Å². The summed E-state index contributed by atoms with van der Waals surface area (Å²) in [4.78, 5) is 8.90. The van der Waals surface area contributed by atoms with E-state index in [0.717, 1.165) is 30.8 Å². The van der Waals surface area contributed by atoms with Crippen LogP contribution in [0.5, 0.6) is 0 Å². The molecule has 1 aromatic heterocycles. The Morgan fingerprint density at radius 3 is 2.55 bits per heavy atom. The summed E-state index contributed by atoms with van der Waals surface area (Å²) in [6.45, 7) is 3.49. The number of alkyl halides is 3. The van der Waals surface area contributed by atoms with Gasteiger partial charge in [-0.1, -0.05) is 0 Å². The van der Waals surface area contributed by atoms with Crippen molar-refractivity contribution in [3.8, 4) is 0 Å². The molecule has 3 heterocycles. The number of carboxylic acid groups (broad SMARTS) is 1. The number of aromatic nitrogens is 2. The maximum Gasteiger partial charge on any atom is 0.490 e. The molecule has 9 nitrogen and oxygen atoms in total. The molecular weight excluding hydrogens is 417 g/mol. The number of ether oxygens (including phenoxy) is 1. The second-order valence-electron chi connectivity index (χ2n) is 7.10. The third-order valence-electron chi connectivity index (χ3n) is 4.57. The average molecular weight is 440 g/mol. The van der Waals surface area contributed by atoms with Crippen LogP contribution in [0.3, 0.4) is 0 Å². The van der Waals surface area contributed by atoms with E-state index in [4.69, 9.17) is 14.6 Å². The van der Waals surface area contributed by atoms with Crippen LogP contribution in [0, 0.1) is 6.92 Å². The van der Waals surface area contributed by atoms with Crippen LogP contribution >= 0.6 is 0 Å². The van der Waals surface area contributed by atoms with Crippen LogP contribution < -0.4 is 5.32 Å². The van der Waals surface area contributed by atoms with E-state index < -0.39 is 22.2 Å². The van der Waals surface area contributed by atoms with E-state index in [2.05, 4.69) is 15.5 Å². The Hall–Kier alpha value is -1.99. The summed E-state index contributed by atoms with van der Waals surface area (Å²) in [5.41, 5.74) is 0.512. The SMILES string of the molecule is Cc1ccc(NC2COC3(CCCN(S(C)(=O)=O)C3)C2)nn1.O=C(O)C(F)(F)F. The number of halogens is 3. The van der Waals surface area contributed by atoms with Crippen LogP contribution in [0.2, 0.25) is 0 Å². The highest BCUT2D eigenvalue weighted by atomic mass is 32.2. The number of nitrogens with one attached hydrogen (secondary N) is 1. The van der Waals surface area contributed by atoms with Gasteiger partial charge in [-0.05, 0) is 31.9 Å². The van der Waals surface area contributed by atoms with E-state index in [1.54, 1.807) is 0 Å². The van der Waals surface area contributed by atoms with Gasteiger partial charge < -0.3 is 15.2 Å². The summed E-state index contributed by atoms with van der Waals surface area (Å²) in [5.74, 6) is -2.03. The van der Waals surface area contributed by atoms with Crippen LogP contribution in [-0.4, -0.2) is 77.8 Å². The predicted molar refractivity (Wildman–Crippen MR) is 96.8 cm³/mol. The van der Waals surface area contributed by atoms with E-state index in [9.17, 15) is 21.6 Å². The zero-order chi connectivity index (χ0) is 21.9. The standard InChI is InChI=1S/C14H22N4O3S.C2HF3O2/c1-11-4-5-13(17-16-11)15-12-8-14(21-9-12)6-3-7-18(10-14)22(2,19)20;3-2(4,5)1(6)7/h4-5,12H,3,6-10H2,1-2H3,(H,15,17);(H,6,7). The first-order valence-electron chi connectivity index (χ1n) is 8.77. The molecule has 2 fully saturated rings. The average Bonchev–Trinajstić information content (AvgIpc) is 2.98. The number of nitrogens with zero attached hydrogens (tertiary/aromatic N) is 3. The van der Waals surface area contributed by atoms with E-state index in [-0.39, 0.29) is 11.6 Å². The lowest BCUT2D eigenvalue weighted by Gasteiger charge is -2.38. The lowest BCUT2D eigenvalue weighted by Crippen LogP contribution is -2.50. The van der Waals surface area contributed by atoms with Gasteiger partial charge in [-0.15, -0.1) is 5.10 Å². The van der Waals surface area contributed by atoms with E-state index >= 15 is 0 Å². The molecule has 0 amide bonds. The number of piperidine rings is 1. The summed E-state index contributed by atoms with van der Waals surface area (Å²) in [5, 5.41) is 18.6. The number of carbonyl (C=O) groups is 1. The summed E-state index contributed by atoms with van der Waals surface area (Å²) in [7, 11) is -3.16. The summed E-state index contributed by atoms with van der Waals surface area (Å²) in [6, 6.07) is 3.95. The second-order valence-corrected chi connectivity index (χ2v) is 9.08. The molecule has 0 aliphatic carbocycles. The lowest BCUT2D eigenvalue weighted by molar-refractivity contribution is -0.192. The summed E-state index contributed by atoms with van der Waals surface area (Å²) >= 11 is 0. The molecule has 2 aliphatic rings. The van der Waals surface area contributed by atoms with Crippen molar-refractivity contribution in [2.45, 2.75) is 44.0 Å². The number of aryl methyl sites for hydroxylation is 1. The number of aliphatic carboxylic acids is 1. The maximum atomic E-state index is 11.8. The topological polar surface area (TPSA) is 122 Å². The molecule has 29 heavy (non-hydrogen) atoms. The minimum absolute atomic E-state index is 0.136. The predicted octanol–water partition coefficient (Wildman–Crippen LogP) is 1.41. The van der Waals surface area contributed by atoms with Crippen molar-refractivity contribution in [2.24, 2.45) is 0 Å². The van der Waals surface area contributed by atoms with Gasteiger partial charge in [-0.3, -0.25) is 0 Å². The Kier molecular flexibility index (Phi) is 7.06. The van der Waals surface area contributed by atoms with Crippen LogP contribution in [-0.2, 0) is 19.6 Å². The first kappa shape index (κ1) is 23.3. The number of anilines is 1. The monoisotopic (exact) mass is 440 g/mol. The van der Waals surface area contributed by atoms with Gasteiger partial charge in [-0.25, -0.2) is 13.2 Å². The zero-order valence-corrected chi connectivity index (χ0v) is 16.8. The Morgan fingerprint density at radius 2 is 2.03 bits per heavy atom. The Morgan fingerprint density at radius 1 is 1.38 bits per heavy atom. The molecule has 0 aromatic carbocycles. The van der Waals surface area contributed by atoms with Gasteiger partial charge in [0.1, 0.15) is 5.82 Å². The maximum absolute atomic E-state index is 11.8. The lowest BCUT2D eigenvalue weighted by atomic mass is 9.90. The minimum atomic E-state index is -5.08. The quantitative estimate of drug-likeness (QED) is 0.724. The molecule has 2 aliphatic heterocycles.